The summed E-state index contributed by atoms with van der Waals surface area (Å²) in [5, 5.41) is 13.4. The molecule has 0 amide bonds. The zero-order chi connectivity index (χ0) is 8.53. The monoisotopic (exact) mass is 158 g/mol. The third-order valence-corrected chi connectivity index (χ3v) is 1.93. The Morgan fingerprint density at radius 3 is 2.55 bits per heavy atom. The predicted molar refractivity (Wildman–Crippen MR) is 47.2 cm³/mol. The highest BCUT2D eigenvalue weighted by atomic mass is 16.3. The van der Waals surface area contributed by atoms with Gasteiger partial charge in [-0.1, -0.05) is 26.7 Å². The van der Waals surface area contributed by atoms with E-state index in [0.29, 0.717) is 12.6 Å². The minimum Gasteiger partial charge on any atom is -0.312 e. The van der Waals surface area contributed by atoms with Crippen LogP contribution in [-0.4, -0.2) is 19.2 Å². The van der Waals surface area contributed by atoms with Crippen LogP contribution in [-0.2, 0) is 5.11 Å². The van der Waals surface area contributed by atoms with Gasteiger partial charge in [-0.05, 0) is 12.8 Å². The second-order valence-corrected chi connectivity index (χ2v) is 2.91. The van der Waals surface area contributed by atoms with Crippen LogP contribution in [0.3, 0.4) is 0 Å². The van der Waals surface area contributed by atoms with E-state index < -0.39 is 0 Å². The van der Waals surface area contributed by atoms with E-state index in [1.807, 2.05) is 0 Å². The Morgan fingerprint density at radius 2 is 2.09 bits per heavy atom. The van der Waals surface area contributed by atoms with Crippen molar-refractivity contribution in [2.45, 2.75) is 45.6 Å². The molecular weight excluding hydrogens is 138 g/mol. The fourth-order valence-corrected chi connectivity index (χ4v) is 1.16. The summed E-state index contributed by atoms with van der Waals surface area (Å²) in [5.74, 6) is 0. The van der Waals surface area contributed by atoms with E-state index in [9.17, 15) is 5.11 Å². The molecule has 0 rings (SSSR count). The molecule has 0 saturated heterocycles. The average Bonchev–Trinajstić information content (AvgIpc) is 2.05. The molecule has 1 atom stereocenters. The molecule has 0 spiro atoms. The molecular formula is C9H20NO. The van der Waals surface area contributed by atoms with Crippen LogP contribution in [0, 0.1) is 0 Å². The molecule has 2 nitrogen and oxygen atoms in total. The van der Waals surface area contributed by atoms with E-state index in [4.69, 9.17) is 0 Å². The minimum atomic E-state index is 0.00260. The fourth-order valence-electron chi connectivity index (χ4n) is 1.16. The van der Waals surface area contributed by atoms with Gasteiger partial charge >= 0.3 is 0 Å². The van der Waals surface area contributed by atoms with Crippen LogP contribution in [0.2, 0.25) is 0 Å². The zero-order valence-electron chi connectivity index (χ0n) is 7.73. The van der Waals surface area contributed by atoms with E-state index in [-0.39, 0.29) is 6.61 Å². The Labute approximate surface area is 70.0 Å². The van der Waals surface area contributed by atoms with Crippen molar-refractivity contribution in [3.05, 3.63) is 0 Å². The van der Waals surface area contributed by atoms with Gasteiger partial charge in [0, 0.05) is 12.6 Å². The van der Waals surface area contributed by atoms with Crippen LogP contribution in [0.4, 0.5) is 0 Å². The van der Waals surface area contributed by atoms with Gasteiger partial charge < -0.3 is 5.32 Å². The van der Waals surface area contributed by atoms with Crippen molar-refractivity contribution in [2.75, 3.05) is 13.2 Å². The summed E-state index contributed by atoms with van der Waals surface area (Å²) in [6.07, 6.45) is 4.87. The topological polar surface area (TPSA) is 31.9 Å². The van der Waals surface area contributed by atoms with Crippen molar-refractivity contribution in [2.24, 2.45) is 0 Å². The summed E-state index contributed by atoms with van der Waals surface area (Å²) in [7, 11) is 0. The van der Waals surface area contributed by atoms with E-state index in [1.165, 1.54) is 19.3 Å². The van der Waals surface area contributed by atoms with Crippen molar-refractivity contribution < 1.29 is 5.11 Å². The van der Waals surface area contributed by atoms with E-state index in [0.717, 1.165) is 6.42 Å². The molecule has 67 valence electrons. The summed E-state index contributed by atoms with van der Waals surface area (Å²) in [6.45, 7) is 4.99. The molecule has 1 unspecified atom stereocenters. The summed E-state index contributed by atoms with van der Waals surface area (Å²) in [5.41, 5.74) is 0. The van der Waals surface area contributed by atoms with E-state index in [2.05, 4.69) is 19.2 Å². The SMILES string of the molecule is CCCCC(CC)NCC[O]. The van der Waals surface area contributed by atoms with Crippen LogP contribution in [0.15, 0.2) is 0 Å². The van der Waals surface area contributed by atoms with Crippen LogP contribution in [0.25, 0.3) is 0 Å². The quantitative estimate of drug-likeness (QED) is 0.603. The number of hydrogen-bond donors (Lipinski definition) is 1. The highest BCUT2D eigenvalue weighted by Crippen LogP contribution is 2.02. The van der Waals surface area contributed by atoms with Gasteiger partial charge in [0.05, 0.1) is 6.61 Å². The lowest BCUT2D eigenvalue weighted by Crippen LogP contribution is -2.30. The van der Waals surface area contributed by atoms with E-state index >= 15 is 0 Å². The minimum absolute atomic E-state index is 0.00260. The first kappa shape index (κ1) is 10.9. The van der Waals surface area contributed by atoms with Crippen molar-refractivity contribution in [3.8, 4) is 0 Å². The second kappa shape index (κ2) is 8.02. The van der Waals surface area contributed by atoms with Gasteiger partial charge in [-0.25, -0.2) is 5.11 Å². The van der Waals surface area contributed by atoms with Crippen molar-refractivity contribution in [3.63, 3.8) is 0 Å². The van der Waals surface area contributed by atoms with Gasteiger partial charge in [0.1, 0.15) is 0 Å². The van der Waals surface area contributed by atoms with Crippen LogP contribution < -0.4 is 5.32 Å². The highest BCUT2D eigenvalue weighted by Gasteiger charge is 2.02. The van der Waals surface area contributed by atoms with Crippen LogP contribution in [0.5, 0.6) is 0 Å². The normalized spacial score (nSPS) is 13.4. The second-order valence-electron chi connectivity index (χ2n) is 2.91. The van der Waals surface area contributed by atoms with Crippen molar-refractivity contribution in [1.82, 2.24) is 5.32 Å². The lowest BCUT2D eigenvalue weighted by atomic mass is 10.1. The van der Waals surface area contributed by atoms with Crippen LogP contribution in [0.1, 0.15) is 39.5 Å². The third-order valence-electron chi connectivity index (χ3n) is 1.93. The molecule has 0 aromatic heterocycles. The molecule has 0 aliphatic heterocycles. The van der Waals surface area contributed by atoms with Gasteiger partial charge in [-0.3, -0.25) is 0 Å². The standard InChI is InChI=1S/C9H20NO/c1-3-5-6-9(4-2)10-7-8-11/h9-10H,3-8H2,1-2H3. The highest BCUT2D eigenvalue weighted by molar-refractivity contribution is 4.63. The number of nitrogens with one attached hydrogen (secondary N) is 1. The molecule has 0 heterocycles. The van der Waals surface area contributed by atoms with Gasteiger partial charge in [-0.2, -0.15) is 0 Å². The first-order chi connectivity index (χ1) is 5.35. The summed E-state index contributed by atoms with van der Waals surface area (Å²) < 4.78 is 0. The Bertz CT molecular complexity index is 68.0. The molecule has 0 bridgehead atoms. The Hall–Kier alpha value is -0.0800. The zero-order valence-corrected chi connectivity index (χ0v) is 7.73. The molecule has 0 aliphatic rings. The van der Waals surface area contributed by atoms with Gasteiger partial charge in [-0.15, -0.1) is 0 Å². The van der Waals surface area contributed by atoms with Gasteiger partial charge in [0.15, 0.2) is 0 Å². The maximum Gasteiger partial charge on any atom is 0.0946 e. The van der Waals surface area contributed by atoms with Crippen LogP contribution >= 0.6 is 0 Å². The fraction of sp³-hybridized carbons (Fsp3) is 1.00. The van der Waals surface area contributed by atoms with Crippen molar-refractivity contribution in [1.29, 1.82) is 0 Å². The molecule has 0 aromatic carbocycles. The molecule has 0 aromatic rings. The van der Waals surface area contributed by atoms with Gasteiger partial charge in [0.2, 0.25) is 0 Å². The average molecular weight is 158 g/mol. The molecule has 2 heteroatoms. The lowest BCUT2D eigenvalue weighted by molar-refractivity contribution is 0.188. The Morgan fingerprint density at radius 1 is 1.36 bits per heavy atom. The third kappa shape index (κ3) is 6.32. The van der Waals surface area contributed by atoms with Gasteiger partial charge in [0.25, 0.3) is 0 Å². The molecule has 11 heavy (non-hydrogen) atoms. The molecule has 1 radical (unpaired) electrons. The summed E-state index contributed by atoms with van der Waals surface area (Å²) in [4.78, 5) is 0. The maximum atomic E-state index is 10.2. The molecule has 0 fully saturated rings. The summed E-state index contributed by atoms with van der Waals surface area (Å²) >= 11 is 0. The lowest BCUT2D eigenvalue weighted by Gasteiger charge is -2.14. The predicted octanol–water partition coefficient (Wildman–Crippen LogP) is 1.98. The van der Waals surface area contributed by atoms with Crippen molar-refractivity contribution >= 4 is 0 Å². The first-order valence-electron chi connectivity index (χ1n) is 4.66. The number of hydrogen-bond acceptors (Lipinski definition) is 1. The largest absolute Gasteiger partial charge is 0.312 e. The number of rotatable bonds is 7. The van der Waals surface area contributed by atoms with E-state index in [1.54, 1.807) is 0 Å². The Kier molecular flexibility index (Phi) is 7.96. The number of unbranched alkanes of at least 4 members (excludes halogenated alkanes) is 1. The smallest absolute Gasteiger partial charge is 0.0946 e. The maximum absolute atomic E-state index is 10.2. The molecule has 1 N–H and O–H groups in total. The first-order valence-corrected chi connectivity index (χ1v) is 4.66. The molecule has 0 saturated carbocycles. The summed E-state index contributed by atoms with van der Waals surface area (Å²) in [6, 6.07) is 0.573. The molecule has 0 aliphatic carbocycles. The Balaban J connectivity index is 3.25.